The Hall–Kier alpha value is -1.84. The molecule has 17 heavy (non-hydrogen) atoms. The third-order valence-corrected chi connectivity index (χ3v) is 3.37. The summed E-state index contributed by atoms with van der Waals surface area (Å²) >= 11 is 0. The molecule has 1 aliphatic rings. The molecule has 1 saturated heterocycles. The van der Waals surface area contributed by atoms with Gasteiger partial charge in [-0.25, -0.2) is 4.98 Å². The smallest absolute Gasteiger partial charge is 0.260 e. The number of benzene rings is 1. The number of nitrogens with zero attached hydrogens (tertiary/aromatic N) is 3. The Morgan fingerprint density at radius 2 is 2.00 bits per heavy atom. The lowest BCUT2D eigenvalue weighted by atomic mass is 10.2. The lowest BCUT2D eigenvalue weighted by molar-refractivity contribution is 0.842. The van der Waals surface area contributed by atoms with Crippen LogP contribution in [0.4, 0.5) is 5.69 Å². The first kappa shape index (κ1) is 10.3. The van der Waals surface area contributed by atoms with Gasteiger partial charge in [0.1, 0.15) is 0 Å². The summed E-state index contributed by atoms with van der Waals surface area (Å²) in [4.78, 5) is 18.6. The Kier molecular flexibility index (Phi) is 2.35. The molecule has 4 heteroatoms. The van der Waals surface area contributed by atoms with E-state index < -0.39 is 0 Å². The molecule has 0 saturated carbocycles. The first-order chi connectivity index (χ1) is 8.25. The van der Waals surface area contributed by atoms with Gasteiger partial charge in [-0.1, -0.05) is 0 Å². The van der Waals surface area contributed by atoms with Crippen LogP contribution in [0.1, 0.15) is 12.8 Å². The largest absolute Gasteiger partial charge is 0.372 e. The topological polar surface area (TPSA) is 38.1 Å². The fourth-order valence-corrected chi connectivity index (χ4v) is 2.37. The van der Waals surface area contributed by atoms with E-state index in [0.29, 0.717) is 5.39 Å². The van der Waals surface area contributed by atoms with Crippen LogP contribution in [0.2, 0.25) is 0 Å². The molecule has 0 radical (unpaired) electrons. The van der Waals surface area contributed by atoms with Crippen molar-refractivity contribution in [2.45, 2.75) is 12.8 Å². The van der Waals surface area contributed by atoms with E-state index in [1.165, 1.54) is 17.4 Å². The Balaban J connectivity index is 2.17. The molecule has 1 aromatic heterocycles. The Bertz CT molecular complexity index is 612. The standard InChI is InChI=1S/C13H15N3O/c1-15-9-14-12-5-4-10(8-11(12)13(15)17)16-6-2-3-7-16/h4-5,8-9H,2-3,6-7H2,1H3. The molecule has 2 heterocycles. The van der Waals surface area contributed by atoms with Crippen LogP contribution < -0.4 is 10.5 Å². The number of aryl methyl sites for hydroxylation is 1. The number of hydrogen-bond acceptors (Lipinski definition) is 3. The van der Waals surface area contributed by atoms with Crippen molar-refractivity contribution in [2.24, 2.45) is 7.05 Å². The summed E-state index contributed by atoms with van der Waals surface area (Å²) in [6.07, 6.45) is 4.05. The molecule has 1 aliphatic heterocycles. The van der Waals surface area contributed by atoms with Gasteiger partial charge in [0.25, 0.3) is 5.56 Å². The highest BCUT2D eigenvalue weighted by atomic mass is 16.1. The minimum absolute atomic E-state index is 0.0241. The van der Waals surface area contributed by atoms with Gasteiger partial charge in [0.2, 0.25) is 0 Å². The van der Waals surface area contributed by atoms with E-state index in [2.05, 4.69) is 16.0 Å². The van der Waals surface area contributed by atoms with Crippen molar-refractivity contribution in [1.82, 2.24) is 9.55 Å². The summed E-state index contributed by atoms with van der Waals surface area (Å²) in [5, 5.41) is 0.708. The summed E-state index contributed by atoms with van der Waals surface area (Å²) in [6, 6.07) is 5.96. The van der Waals surface area contributed by atoms with Crippen LogP contribution in [0.15, 0.2) is 29.3 Å². The molecule has 0 unspecified atom stereocenters. The van der Waals surface area contributed by atoms with Crippen molar-refractivity contribution in [1.29, 1.82) is 0 Å². The van der Waals surface area contributed by atoms with E-state index in [4.69, 9.17) is 0 Å². The molecule has 0 aliphatic carbocycles. The van der Waals surface area contributed by atoms with Gasteiger partial charge in [0.05, 0.1) is 17.2 Å². The van der Waals surface area contributed by atoms with Gasteiger partial charge < -0.3 is 9.47 Å². The van der Waals surface area contributed by atoms with Crippen LogP contribution in [0.5, 0.6) is 0 Å². The molecule has 0 spiro atoms. The third-order valence-electron chi connectivity index (χ3n) is 3.37. The zero-order chi connectivity index (χ0) is 11.8. The monoisotopic (exact) mass is 229 g/mol. The first-order valence-electron chi connectivity index (χ1n) is 5.96. The van der Waals surface area contributed by atoms with Gasteiger partial charge in [-0.15, -0.1) is 0 Å². The zero-order valence-electron chi connectivity index (χ0n) is 9.89. The second-order valence-corrected chi connectivity index (χ2v) is 4.56. The normalized spacial score (nSPS) is 15.7. The van der Waals surface area contributed by atoms with Gasteiger partial charge in [-0.3, -0.25) is 4.79 Å². The summed E-state index contributed by atoms with van der Waals surface area (Å²) in [6.45, 7) is 2.18. The second-order valence-electron chi connectivity index (χ2n) is 4.56. The van der Waals surface area contributed by atoms with Crippen LogP contribution in [0, 0.1) is 0 Å². The maximum absolute atomic E-state index is 12.0. The number of anilines is 1. The van der Waals surface area contributed by atoms with Crippen LogP contribution in [-0.2, 0) is 7.05 Å². The summed E-state index contributed by atoms with van der Waals surface area (Å²) < 4.78 is 1.52. The van der Waals surface area contributed by atoms with E-state index in [-0.39, 0.29) is 5.56 Å². The minimum atomic E-state index is 0.0241. The maximum Gasteiger partial charge on any atom is 0.260 e. The quantitative estimate of drug-likeness (QED) is 0.744. The summed E-state index contributed by atoms with van der Waals surface area (Å²) in [5.74, 6) is 0. The predicted molar refractivity (Wildman–Crippen MR) is 68.4 cm³/mol. The summed E-state index contributed by atoms with van der Waals surface area (Å²) in [7, 11) is 1.73. The molecule has 2 aromatic rings. The van der Waals surface area contributed by atoms with Gasteiger partial charge in [-0.2, -0.15) is 0 Å². The maximum atomic E-state index is 12.0. The third kappa shape index (κ3) is 1.69. The highest BCUT2D eigenvalue weighted by Gasteiger charge is 2.13. The molecule has 0 amide bonds. The summed E-state index contributed by atoms with van der Waals surface area (Å²) in [5.41, 5.74) is 1.94. The minimum Gasteiger partial charge on any atom is -0.372 e. The number of aromatic nitrogens is 2. The molecular weight excluding hydrogens is 214 g/mol. The van der Waals surface area contributed by atoms with Crippen LogP contribution in [0.25, 0.3) is 10.9 Å². The van der Waals surface area contributed by atoms with Gasteiger partial charge >= 0.3 is 0 Å². The van der Waals surface area contributed by atoms with Crippen molar-refractivity contribution >= 4 is 16.6 Å². The van der Waals surface area contributed by atoms with Crippen molar-refractivity contribution in [2.75, 3.05) is 18.0 Å². The number of rotatable bonds is 1. The molecule has 1 fully saturated rings. The molecule has 4 nitrogen and oxygen atoms in total. The Labute approximate surface area is 99.5 Å². The molecule has 88 valence electrons. The van der Waals surface area contributed by atoms with E-state index in [9.17, 15) is 4.79 Å². The SMILES string of the molecule is Cn1cnc2ccc(N3CCCC3)cc2c1=O. The van der Waals surface area contributed by atoms with Crippen LogP contribution >= 0.6 is 0 Å². The molecule has 0 N–H and O–H groups in total. The second kappa shape index (κ2) is 3.87. The molecule has 1 aromatic carbocycles. The molecule has 0 atom stereocenters. The number of hydrogen-bond donors (Lipinski definition) is 0. The van der Waals surface area contributed by atoms with Crippen molar-refractivity contribution in [3.8, 4) is 0 Å². The van der Waals surface area contributed by atoms with Gasteiger partial charge in [0.15, 0.2) is 0 Å². The van der Waals surface area contributed by atoms with E-state index in [1.807, 2.05) is 12.1 Å². The lowest BCUT2D eigenvalue weighted by Crippen LogP contribution is -2.20. The van der Waals surface area contributed by atoms with E-state index in [0.717, 1.165) is 24.3 Å². The van der Waals surface area contributed by atoms with Crippen LogP contribution in [-0.4, -0.2) is 22.6 Å². The van der Waals surface area contributed by atoms with Crippen molar-refractivity contribution in [3.63, 3.8) is 0 Å². The predicted octanol–water partition coefficient (Wildman–Crippen LogP) is 1.53. The average molecular weight is 229 g/mol. The lowest BCUT2D eigenvalue weighted by Gasteiger charge is -2.17. The highest BCUT2D eigenvalue weighted by molar-refractivity contribution is 5.81. The van der Waals surface area contributed by atoms with E-state index in [1.54, 1.807) is 13.4 Å². The highest BCUT2D eigenvalue weighted by Crippen LogP contribution is 2.22. The van der Waals surface area contributed by atoms with Crippen molar-refractivity contribution in [3.05, 3.63) is 34.9 Å². The zero-order valence-corrected chi connectivity index (χ0v) is 9.89. The van der Waals surface area contributed by atoms with Gasteiger partial charge in [-0.05, 0) is 31.0 Å². The molecular formula is C13H15N3O. The average Bonchev–Trinajstić information content (AvgIpc) is 2.87. The fraction of sp³-hybridized carbons (Fsp3) is 0.385. The molecule has 3 rings (SSSR count). The van der Waals surface area contributed by atoms with Crippen LogP contribution in [0.3, 0.4) is 0 Å². The first-order valence-corrected chi connectivity index (χ1v) is 5.96. The van der Waals surface area contributed by atoms with Crippen molar-refractivity contribution < 1.29 is 0 Å². The Morgan fingerprint density at radius 1 is 1.24 bits per heavy atom. The Morgan fingerprint density at radius 3 is 2.76 bits per heavy atom. The van der Waals surface area contributed by atoms with E-state index >= 15 is 0 Å². The molecule has 0 bridgehead atoms. The van der Waals surface area contributed by atoms with Gasteiger partial charge in [0, 0.05) is 25.8 Å². The fourth-order valence-electron chi connectivity index (χ4n) is 2.37. The number of fused-ring (bicyclic) bond motifs is 1.